The van der Waals surface area contributed by atoms with Crippen molar-refractivity contribution in [1.29, 1.82) is 0 Å². The highest BCUT2D eigenvalue weighted by Gasteiger charge is 2.37. The van der Waals surface area contributed by atoms with Crippen molar-refractivity contribution < 1.29 is 17.5 Å². The quantitative estimate of drug-likeness (QED) is 0.897. The summed E-state index contributed by atoms with van der Waals surface area (Å²) in [5, 5.41) is 3.30. The Morgan fingerprint density at radius 2 is 2.05 bits per heavy atom. The number of halogens is 2. The van der Waals surface area contributed by atoms with Crippen LogP contribution in [0.15, 0.2) is 23.1 Å². The van der Waals surface area contributed by atoms with E-state index >= 15 is 0 Å². The molecule has 2 aliphatic heterocycles. The monoisotopic (exact) mass is 350 g/mol. The molecular formula is C14H20ClFN2O3S. The van der Waals surface area contributed by atoms with Crippen LogP contribution in [0.1, 0.15) is 6.42 Å². The average Bonchev–Trinajstić information content (AvgIpc) is 2.94. The molecule has 2 atom stereocenters. The molecule has 2 saturated heterocycles. The van der Waals surface area contributed by atoms with E-state index in [0.29, 0.717) is 24.9 Å². The summed E-state index contributed by atoms with van der Waals surface area (Å²) in [4.78, 5) is -0.00907. The fourth-order valence-corrected chi connectivity index (χ4v) is 4.70. The molecule has 0 bridgehead atoms. The van der Waals surface area contributed by atoms with Crippen molar-refractivity contribution in [2.45, 2.75) is 11.3 Å². The van der Waals surface area contributed by atoms with Gasteiger partial charge in [0.2, 0.25) is 10.0 Å². The van der Waals surface area contributed by atoms with Gasteiger partial charge in [0.25, 0.3) is 0 Å². The van der Waals surface area contributed by atoms with Gasteiger partial charge < -0.3 is 10.1 Å². The molecule has 22 heavy (non-hydrogen) atoms. The Hall–Kier alpha value is -0.890. The van der Waals surface area contributed by atoms with E-state index < -0.39 is 15.8 Å². The highest BCUT2D eigenvalue weighted by atomic mass is 35.5. The third kappa shape index (κ3) is 3.08. The van der Waals surface area contributed by atoms with Gasteiger partial charge in [-0.05, 0) is 49.5 Å². The third-order valence-electron chi connectivity index (χ3n) is 4.43. The lowest BCUT2D eigenvalue weighted by molar-refractivity contribution is 0.228. The fraction of sp³-hybridized carbons (Fsp3) is 0.571. The van der Waals surface area contributed by atoms with Crippen molar-refractivity contribution in [3.8, 4) is 5.75 Å². The number of methoxy groups -OCH3 is 1. The van der Waals surface area contributed by atoms with E-state index in [1.54, 1.807) is 0 Å². The van der Waals surface area contributed by atoms with E-state index in [4.69, 9.17) is 4.74 Å². The third-order valence-corrected chi connectivity index (χ3v) is 6.29. The molecule has 1 aromatic carbocycles. The zero-order valence-corrected chi connectivity index (χ0v) is 13.9. The first kappa shape index (κ1) is 17.5. The second kappa shape index (κ2) is 6.70. The fourth-order valence-electron chi connectivity index (χ4n) is 3.18. The van der Waals surface area contributed by atoms with Crippen LogP contribution in [0, 0.1) is 17.7 Å². The van der Waals surface area contributed by atoms with Crippen LogP contribution >= 0.6 is 12.4 Å². The van der Waals surface area contributed by atoms with Crippen LogP contribution in [0.25, 0.3) is 0 Å². The molecule has 0 amide bonds. The van der Waals surface area contributed by atoms with Crippen molar-refractivity contribution >= 4 is 22.4 Å². The van der Waals surface area contributed by atoms with Crippen LogP contribution in [-0.2, 0) is 10.0 Å². The lowest BCUT2D eigenvalue weighted by Gasteiger charge is -2.33. The summed E-state index contributed by atoms with van der Waals surface area (Å²) >= 11 is 0. The van der Waals surface area contributed by atoms with Gasteiger partial charge in [-0.2, -0.15) is 4.31 Å². The first-order valence-corrected chi connectivity index (χ1v) is 8.51. The largest absolute Gasteiger partial charge is 0.494 e. The maximum atomic E-state index is 13.7. The molecule has 8 heteroatoms. The Morgan fingerprint density at radius 3 is 2.73 bits per heavy atom. The van der Waals surface area contributed by atoms with E-state index in [-0.39, 0.29) is 23.1 Å². The Balaban J connectivity index is 0.00000176. The van der Waals surface area contributed by atoms with Gasteiger partial charge in [0.15, 0.2) is 11.6 Å². The van der Waals surface area contributed by atoms with Gasteiger partial charge in [-0.3, -0.25) is 0 Å². The average molecular weight is 351 g/mol. The summed E-state index contributed by atoms with van der Waals surface area (Å²) in [5.74, 6) is 0.310. The second-order valence-electron chi connectivity index (χ2n) is 5.63. The number of benzene rings is 1. The van der Waals surface area contributed by atoms with E-state index in [9.17, 15) is 12.8 Å². The number of fused-ring (bicyclic) bond motifs is 1. The summed E-state index contributed by atoms with van der Waals surface area (Å²) in [7, 11) is -2.29. The molecule has 124 valence electrons. The van der Waals surface area contributed by atoms with Gasteiger partial charge in [0.1, 0.15) is 0 Å². The highest BCUT2D eigenvalue weighted by molar-refractivity contribution is 7.89. The van der Waals surface area contributed by atoms with Gasteiger partial charge >= 0.3 is 0 Å². The molecule has 0 aliphatic carbocycles. The standard InChI is InChI=1S/C14H19FN2O3S.ClH/c1-20-14-3-2-12(6-13(14)15)21(18,19)17-5-4-10-7-16-8-11(10)9-17;/h2-3,6,10-11,16H,4-5,7-9H2,1H3;1H. The molecule has 3 rings (SSSR count). The zero-order valence-electron chi connectivity index (χ0n) is 12.3. The maximum absolute atomic E-state index is 13.7. The number of ether oxygens (including phenoxy) is 1. The van der Waals surface area contributed by atoms with Crippen LogP contribution in [0.5, 0.6) is 5.75 Å². The summed E-state index contributed by atoms with van der Waals surface area (Å²) in [6.45, 7) is 2.83. The summed E-state index contributed by atoms with van der Waals surface area (Å²) < 4.78 is 45.3. The number of piperidine rings is 1. The summed E-state index contributed by atoms with van der Waals surface area (Å²) in [6.07, 6.45) is 0.857. The van der Waals surface area contributed by atoms with Gasteiger partial charge in [0, 0.05) is 13.1 Å². The van der Waals surface area contributed by atoms with Crippen molar-refractivity contribution in [3.05, 3.63) is 24.0 Å². The molecule has 0 saturated carbocycles. The van der Waals surface area contributed by atoms with Gasteiger partial charge in [-0.1, -0.05) is 0 Å². The van der Waals surface area contributed by atoms with Crippen LogP contribution in [0.4, 0.5) is 4.39 Å². The van der Waals surface area contributed by atoms with Crippen molar-refractivity contribution in [3.63, 3.8) is 0 Å². The predicted molar refractivity (Wildman–Crippen MR) is 83.4 cm³/mol. The van der Waals surface area contributed by atoms with Gasteiger partial charge in [-0.25, -0.2) is 12.8 Å². The second-order valence-corrected chi connectivity index (χ2v) is 7.56. The summed E-state index contributed by atoms with van der Waals surface area (Å²) in [5.41, 5.74) is 0. The smallest absolute Gasteiger partial charge is 0.243 e. The minimum atomic E-state index is -3.64. The molecule has 2 aliphatic rings. The molecule has 2 unspecified atom stereocenters. The van der Waals surface area contributed by atoms with Gasteiger partial charge in [0.05, 0.1) is 12.0 Å². The van der Waals surface area contributed by atoms with Crippen molar-refractivity contribution in [2.24, 2.45) is 11.8 Å². The van der Waals surface area contributed by atoms with E-state index in [0.717, 1.165) is 25.6 Å². The first-order valence-electron chi connectivity index (χ1n) is 7.07. The normalized spacial score (nSPS) is 25.4. The topological polar surface area (TPSA) is 58.6 Å². The molecular weight excluding hydrogens is 331 g/mol. The van der Waals surface area contributed by atoms with Crippen molar-refractivity contribution in [1.82, 2.24) is 9.62 Å². The molecule has 2 heterocycles. The van der Waals surface area contributed by atoms with Crippen LogP contribution in [-0.4, -0.2) is 46.0 Å². The number of nitrogens with one attached hydrogen (secondary N) is 1. The molecule has 0 spiro atoms. The SMILES string of the molecule is COc1ccc(S(=O)(=O)N2CCC3CNCC3C2)cc1F.Cl. The number of sulfonamides is 1. The van der Waals surface area contributed by atoms with Crippen LogP contribution < -0.4 is 10.1 Å². The lowest BCUT2D eigenvalue weighted by Crippen LogP contribution is -2.43. The molecule has 1 N–H and O–H groups in total. The molecule has 0 aromatic heterocycles. The van der Waals surface area contributed by atoms with Crippen molar-refractivity contribution in [2.75, 3.05) is 33.3 Å². The Morgan fingerprint density at radius 1 is 1.32 bits per heavy atom. The molecule has 0 radical (unpaired) electrons. The number of hydrogen-bond acceptors (Lipinski definition) is 4. The highest BCUT2D eigenvalue weighted by Crippen LogP contribution is 2.31. The number of hydrogen-bond donors (Lipinski definition) is 1. The maximum Gasteiger partial charge on any atom is 0.243 e. The van der Waals surface area contributed by atoms with Crippen LogP contribution in [0.2, 0.25) is 0 Å². The predicted octanol–water partition coefficient (Wildman–Crippen LogP) is 1.49. The van der Waals surface area contributed by atoms with Crippen LogP contribution in [0.3, 0.4) is 0 Å². The Labute approximate surface area is 136 Å². The molecule has 1 aromatic rings. The van der Waals surface area contributed by atoms with E-state index in [1.807, 2.05) is 0 Å². The minimum Gasteiger partial charge on any atom is -0.494 e. The molecule has 2 fully saturated rings. The Kier molecular flexibility index (Phi) is 5.32. The number of nitrogens with zero attached hydrogens (tertiary/aromatic N) is 1. The minimum absolute atomic E-state index is 0. The van der Waals surface area contributed by atoms with E-state index in [2.05, 4.69) is 5.32 Å². The number of rotatable bonds is 3. The zero-order chi connectivity index (χ0) is 15.0. The Bertz CT molecular complexity index is 641. The first-order chi connectivity index (χ1) is 10.0. The van der Waals surface area contributed by atoms with E-state index in [1.165, 1.54) is 23.5 Å². The lowest BCUT2D eigenvalue weighted by atomic mass is 9.90. The van der Waals surface area contributed by atoms with Gasteiger partial charge in [-0.15, -0.1) is 12.4 Å². The summed E-state index contributed by atoms with van der Waals surface area (Å²) in [6, 6.07) is 3.79. The molecule has 5 nitrogen and oxygen atoms in total.